The quantitative estimate of drug-likeness (QED) is 0.530. The molecule has 0 nitrogen and oxygen atoms in total. The zero-order valence-corrected chi connectivity index (χ0v) is 10.7. The van der Waals surface area contributed by atoms with Crippen molar-refractivity contribution < 1.29 is 4.39 Å². The summed E-state index contributed by atoms with van der Waals surface area (Å²) in [6.45, 7) is 7.84. The highest BCUT2D eigenvalue weighted by Crippen LogP contribution is 2.64. The highest BCUT2D eigenvalue weighted by atomic mass is 35.5. The van der Waals surface area contributed by atoms with Gasteiger partial charge in [0.1, 0.15) is 5.82 Å². The molecule has 1 fully saturated rings. The molecule has 0 radical (unpaired) electrons. The van der Waals surface area contributed by atoms with Crippen molar-refractivity contribution >= 4 is 23.2 Å². The number of allylic oxidation sites excluding steroid dienone is 1. The summed E-state index contributed by atoms with van der Waals surface area (Å²) in [5.41, 5.74) is 1.94. The zero-order valence-electron chi connectivity index (χ0n) is 9.23. The molecule has 1 aromatic rings. The molecular weight excluding hydrogens is 246 g/mol. The molecule has 0 aliphatic heterocycles. The average Bonchev–Trinajstić information content (AvgIpc) is 2.74. The third-order valence-electron chi connectivity index (χ3n) is 3.27. The van der Waals surface area contributed by atoms with Crippen LogP contribution >= 0.6 is 23.2 Å². The van der Waals surface area contributed by atoms with Crippen LogP contribution in [0.2, 0.25) is 5.02 Å². The minimum atomic E-state index is -0.390. The lowest BCUT2D eigenvalue weighted by atomic mass is 10.1. The van der Waals surface area contributed by atoms with Crippen LogP contribution in [0.4, 0.5) is 4.39 Å². The third-order valence-corrected chi connectivity index (χ3v) is 4.05. The van der Waals surface area contributed by atoms with E-state index in [4.69, 9.17) is 23.2 Å². The summed E-state index contributed by atoms with van der Waals surface area (Å²) in [5.74, 6) is -0.0350. The Kier molecular flexibility index (Phi) is 2.80. The second kappa shape index (κ2) is 3.75. The molecule has 0 heterocycles. The van der Waals surface area contributed by atoms with Crippen LogP contribution in [0.15, 0.2) is 30.4 Å². The standard InChI is InChI=1S/C13H13Cl2F/c1-7(2)11-12(13(11,3)15)8-4-5-9(14)10(16)6-8/h4-6,11-12H,1H2,2-3H3. The molecule has 0 saturated heterocycles. The Labute approximate surface area is 105 Å². The first kappa shape index (κ1) is 11.9. The van der Waals surface area contributed by atoms with Gasteiger partial charge in [-0.3, -0.25) is 0 Å². The lowest BCUT2D eigenvalue weighted by Crippen LogP contribution is -1.95. The van der Waals surface area contributed by atoms with Gasteiger partial charge < -0.3 is 0 Å². The number of hydrogen-bond donors (Lipinski definition) is 0. The van der Waals surface area contributed by atoms with Crippen LogP contribution in [0.3, 0.4) is 0 Å². The van der Waals surface area contributed by atoms with Crippen LogP contribution < -0.4 is 0 Å². The third kappa shape index (κ3) is 1.76. The molecular formula is C13H13Cl2F. The number of alkyl halides is 1. The number of hydrogen-bond acceptors (Lipinski definition) is 0. The van der Waals surface area contributed by atoms with E-state index in [9.17, 15) is 4.39 Å². The first-order valence-electron chi connectivity index (χ1n) is 5.15. The van der Waals surface area contributed by atoms with E-state index in [1.807, 2.05) is 19.9 Å². The Morgan fingerprint density at radius 1 is 1.50 bits per heavy atom. The van der Waals surface area contributed by atoms with Crippen molar-refractivity contribution in [1.82, 2.24) is 0 Å². The number of halogens is 3. The van der Waals surface area contributed by atoms with E-state index in [0.717, 1.165) is 11.1 Å². The Morgan fingerprint density at radius 2 is 2.12 bits per heavy atom. The average molecular weight is 259 g/mol. The van der Waals surface area contributed by atoms with Gasteiger partial charge in [0.2, 0.25) is 0 Å². The van der Waals surface area contributed by atoms with E-state index < -0.39 is 0 Å². The summed E-state index contributed by atoms with van der Waals surface area (Å²) >= 11 is 12.0. The fourth-order valence-corrected chi connectivity index (χ4v) is 3.09. The van der Waals surface area contributed by atoms with Crippen LogP contribution in [0.25, 0.3) is 0 Å². The van der Waals surface area contributed by atoms with Crippen molar-refractivity contribution in [3.8, 4) is 0 Å². The van der Waals surface area contributed by atoms with E-state index in [1.165, 1.54) is 6.07 Å². The Balaban J connectivity index is 2.33. The second-order valence-electron chi connectivity index (χ2n) is 4.63. The topological polar surface area (TPSA) is 0 Å². The molecule has 0 spiro atoms. The lowest BCUT2D eigenvalue weighted by molar-refractivity contribution is 0.625. The molecule has 3 unspecified atom stereocenters. The van der Waals surface area contributed by atoms with Gasteiger partial charge in [0.25, 0.3) is 0 Å². The van der Waals surface area contributed by atoms with Crippen molar-refractivity contribution in [2.24, 2.45) is 5.92 Å². The van der Waals surface area contributed by atoms with E-state index in [0.29, 0.717) is 0 Å². The summed E-state index contributed by atoms with van der Waals surface area (Å²) < 4.78 is 13.3. The fraction of sp³-hybridized carbons (Fsp3) is 0.385. The van der Waals surface area contributed by atoms with Gasteiger partial charge in [0.15, 0.2) is 0 Å². The summed E-state index contributed by atoms with van der Waals surface area (Å²) in [7, 11) is 0. The highest BCUT2D eigenvalue weighted by Gasteiger charge is 2.61. The summed E-state index contributed by atoms with van der Waals surface area (Å²) in [6, 6.07) is 4.88. The van der Waals surface area contributed by atoms with Gasteiger partial charge in [-0.15, -0.1) is 11.6 Å². The molecule has 3 atom stereocenters. The SMILES string of the molecule is C=C(C)C1C(c2ccc(Cl)c(F)c2)C1(C)Cl. The van der Waals surface area contributed by atoms with Gasteiger partial charge >= 0.3 is 0 Å². The predicted molar refractivity (Wildman–Crippen MR) is 66.7 cm³/mol. The monoisotopic (exact) mass is 258 g/mol. The molecule has 0 N–H and O–H groups in total. The maximum Gasteiger partial charge on any atom is 0.142 e. The van der Waals surface area contributed by atoms with Crippen LogP contribution in [0.5, 0.6) is 0 Å². The van der Waals surface area contributed by atoms with Gasteiger partial charge in [0.05, 0.1) is 9.90 Å². The van der Waals surface area contributed by atoms with Gasteiger partial charge in [-0.25, -0.2) is 4.39 Å². The van der Waals surface area contributed by atoms with Crippen LogP contribution in [-0.4, -0.2) is 4.87 Å². The molecule has 0 bridgehead atoms. The molecule has 3 heteroatoms. The highest BCUT2D eigenvalue weighted by molar-refractivity contribution is 6.30. The normalized spacial score (nSPS) is 32.6. The smallest absolute Gasteiger partial charge is 0.142 e. The predicted octanol–water partition coefficient (Wildman–Crippen LogP) is 4.77. The van der Waals surface area contributed by atoms with Gasteiger partial charge in [0, 0.05) is 11.8 Å². The fourth-order valence-electron chi connectivity index (χ4n) is 2.47. The molecule has 86 valence electrons. The van der Waals surface area contributed by atoms with Crippen molar-refractivity contribution in [1.29, 1.82) is 0 Å². The van der Waals surface area contributed by atoms with E-state index in [1.54, 1.807) is 6.07 Å². The van der Waals surface area contributed by atoms with Crippen molar-refractivity contribution in [3.63, 3.8) is 0 Å². The van der Waals surface area contributed by atoms with Crippen molar-refractivity contribution in [2.45, 2.75) is 24.6 Å². The molecule has 1 aromatic carbocycles. The lowest BCUT2D eigenvalue weighted by Gasteiger charge is -2.02. The number of rotatable bonds is 2. The van der Waals surface area contributed by atoms with Crippen molar-refractivity contribution in [3.05, 3.63) is 46.8 Å². The van der Waals surface area contributed by atoms with E-state index in [-0.39, 0.29) is 27.5 Å². The van der Waals surface area contributed by atoms with E-state index in [2.05, 4.69) is 6.58 Å². The van der Waals surface area contributed by atoms with Gasteiger partial charge in [-0.2, -0.15) is 0 Å². The Bertz CT molecular complexity index is 451. The Hall–Kier alpha value is -0.530. The summed E-state index contributed by atoms with van der Waals surface area (Å²) in [6.07, 6.45) is 0. The zero-order chi connectivity index (χ0) is 12.1. The van der Waals surface area contributed by atoms with Crippen LogP contribution in [-0.2, 0) is 0 Å². The van der Waals surface area contributed by atoms with Gasteiger partial charge in [-0.1, -0.05) is 29.8 Å². The summed E-state index contributed by atoms with van der Waals surface area (Å²) in [5, 5.41) is 0.146. The second-order valence-corrected chi connectivity index (χ2v) is 5.85. The molecule has 2 rings (SSSR count). The van der Waals surface area contributed by atoms with E-state index >= 15 is 0 Å². The summed E-state index contributed by atoms with van der Waals surface area (Å²) in [4.78, 5) is -0.341. The first-order chi connectivity index (χ1) is 7.35. The van der Waals surface area contributed by atoms with Crippen LogP contribution in [0.1, 0.15) is 25.3 Å². The Morgan fingerprint density at radius 3 is 2.56 bits per heavy atom. The number of benzene rings is 1. The molecule has 1 aliphatic rings. The minimum Gasteiger partial charge on any atom is -0.205 e. The minimum absolute atomic E-state index is 0.137. The van der Waals surface area contributed by atoms with Crippen LogP contribution in [0, 0.1) is 11.7 Å². The largest absolute Gasteiger partial charge is 0.205 e. The van der Waals surface area contributed by atoms with Crippen molar-refractivity contribution in [2.75, 3.05) is 0 Å². The maximum atomic E-state index is 13.3. The first-order valence-corrected chi connectivity index (χ1v) is 5.90. The van der Waals surface area contributed by atoms with Gasteiger partial charge in [-0.05, 0) is 31.5 Å². The molecule has 0 amide bonds. The molecule has 16 heavy (non-hydrogen) atoms. The molecule has 1 saturated carbocycles. The maximum absolute atomic E-state index is 13.3. The molecule has 0 aromatic heterocycles. The molecule has 1 aliphatic carbocycles.